The maximum Gasteiger partial charge on any atom is 0.341 e. The van der Waals surface area contributed by atoms with E-state index in [0.717, 1.165) is 10.4 Å². The van der Waals surface area contributed by atoms with Crippen molar-refractivity contribution in [3.63, 3.8) is 0 Å². The lowest BCUT2D eigenvalue weighted by atomic mass is 10.1. The number of hydrogen-bond donors (Lipinski definition) is 2. The van der Waals surface area contributed by atoms with Crippen LogP contribution in [-0.4, -0.2) is 30.9 Å². The largest absolute Gasteiger partial charge is 0.462 e. The lowest BCUT2D eigenvalue weighted by Crippen LogP contribution is -2.27. The highest BCUT2D eigenvalue weighted by Gasteiger charge is 2.22. The van der Waals surface area contributed by atoms with Gasteiger partial charge in [0, 0.05) is 17.8 Å². The summed E-state index contributed by atoms with van der Waals surface area (Å²) in [5.41, 5.74) is 1.21. The van der Waals surface area contributed by atoms with Crippen LogP contribution >= 0.6 is 22.7 Å². The summed E-state index contributed by atoms with van der Waals surface area (Å²) in [6.07, 6.45) is 0.120. The molecule has 2 aromatic rings. The van der Waals surface area contributed by atoms with Crippen molar-refractivity contribution in [3.8, 4) is 0 Å². The first-order valence-corrected chi connectivity index (χ1v) is 9.52. The molecule has 2 aromatic heterocycles. The topological polar surface area (TPSA) is 84.5 Å². The summed E-state index contributed by atoms with van der Waals surface area (Å²) in [6, 6.07) is 3.52. The number of carbonyl (C=O) groups excluding carboxylic acids is 3. The van der Waals surface area contributed by atoms with E-state index in [9.17, 15) is 14.4 Å². The summed E-state index contributed by atoms with van der Waals surface area (Å²) < 4.78 is 5.06. The second-order valence-corrected chi connectivity index (χ2v) is 7.41. The van der Waals surface area contributed by atoms with E-state index >= 15 is 0 Å². The highest BCUT2D eigenvalue weighted by Crippen LogP contribution is 2.33. The molecule has 0 saturated heterocycles. The molecule has 0 bridgehead atoms. The Morgan fingerprint density at radius 2 is 2.00 bits per heavy atom. The molecule has 0 spiro atoms. The molecular weight excluding hydrogens is 360 g/mol. The Morgan fingerprint density at radius 3 is 2.64 bits per heavy atom. The average Bonchev–Trinajstić information content (AvgIpc) is 3.17. The first-order valence-electron chi connectivity index (χ1n) is 7.82. The van der Waals surface area contributed by atoms with Gasteiger partial charge in [0.15, 0.2) is 0 Å². The molecule has 0 aromatic carbocycles. The minimum absolute atomic E-state index is 0.120. The summed E-state index contributed by atoms with van der Waals surface area (Å²) in [7, 11) is 0. The second kappa shape index (κ2) is 8.77. The number of ether oxygens (including phenoxy) is 1. The smallest absolute Gasteiger partial charge is 0.341 e. The van der Waals surface area contributed by atoms with Crippen LogP contribution in [0.5, 0.6) is 0 Å². The number of aryl methyl sites for hydroxylation is 1. The zero-order chi connectivity index (χ0) is 18.4. The van der Waals surface area contributed by atoms with Crippen LogP contribution in [0.2, 0.25) is 0 Å². The molecule has 0 unspecified atom stereocenters. The number of nitrogens with one attached hydrogen (secondary N) is 2. The third kappa shape index (κ3) is 4.90. The second-order valence-electron chi connectivity index (χ2n) is 5.24. The molecule has 8 heteroatoms. The van der Waals surface area contributed by atoms with Gasteiger partial charge in [0.25, 0.3) is 5.91 Å². The molecule has 0 saturated carbocycles. The molecule has 0 aliphatic heterocycles. The fourth-order valence-corrected chi connectivity index (χ4v) is 3.84. The fourth-order valence-electron chi connectivity index (χ4n) is 2.14. The van der Waals surface area contributed by atoms with Crippen LogP contribution < -0.4 is 10.6 Å². The zero-order valence-electron chi connectivity index (χ0n) is 14.3. The molecule has 0 aliphatic rings. The summed E-state index contributed by atoms with van der Waals surface area (Å²) in [4.78, 5) is 37.6. The Bertz CT molecular complexity index is 766. The lowest BCUT2D eigenvalue weighted by molar-refractivity contribution is -0.116. The van der Waals surface area contributed by atoms with Gasteiger partial charge in [-0.15, -0.1) is 22.7 Å². The van der Waals surface area contributed by atoms with E-state index in [0.29, 0.717) is 15.4 Å². The molecule has 6 nitrogen and oxygen atoms in total. The van der Waals surface area contributed by atoms with Crippen LogP contribution in [0.15, 0.2) is 17.5 Å². The van der Waals surface area contributed by atoms with Crippen molar-refractivity contribution in [3.05, 3.63) is 38.4 Å². The molecule has 134 valence electrons. The molecule has 25 heavy (non-hydrogen) atoms. The number of thiophene rings is 2. The Morgan fingerprint density at radius 1 is 1.24 bits per heavy atom. The van der Waals surface area contributed by atoms with Crippen LogP contribution in [0.25, 0.3) is 0 Å². The standard InChI is InChI=1S/C17H20N2O4S2/c1-4-23-17(22)14-10(2)11(3)25-16(14)19-13(20)7-8-18-15(21)12-6-5-9-24-12/h5-6,9H,4,7-8H2,1-3H3,(H,18,21)(H,19,20). The van der Waals surface area contributed by atoms with Gasteiger partial charge in [-0.25, -0.2) is 4.79 Å². The zero-order valence-corrected chi connectivity index (χ0v) is 15.9. The van der Waals surface area contributed by atoms with Crippen molar-refractivity contribution in [2.75, 3.05) is 18.5 Å². The van der Waals surface area contributed by atoms with Gasteiger partial charge in [-0.1, -0.05) is 6.07 Å². The van der Waals surface area contributed by atoms with E-state index in [-0.39, 0.29) is 31.4 Å². The van der Waals surface area contributed by atoms with Crippen LogP contribution in [0, 0.1) is 13.8 Å². The fraction of sp³-hybridized carbons (Fsp3) is 0.353. The van der Waals surface area contributed by atoms with Crippen LogP contribution in [-0.2, 0) is 9.53 Å². The number of hydrogen-bond acceptors (Lipinski definition) is 6. The third-order valence-electron chi connectivity index (χ3n) is 3.50. The van der Waals surface area contributed by atoms with Gasteiger partial charge in [0.1, 0.15) is 5.00 Å². The molecule has 2 rings (SSSR count). The third-order valence-corrected chi connectivity index (χ3v) is 5.49. The van der Waals surface area contributed by atoms with E-state index < -0.39 is 5.97 Å². The van der Waals surface area contributed by atoms with E-state index in [1.807, 2.05) is 19.2 Å². The van der Waals surface area contributed by atoms with Gasteiger partial charge in [-0.3, -0.25) is 9.59 Å². The van der Waals surface area contributed by atoms with Crippen LogP contribution in [0.3, 0.4) is 0 Å². The van der Waals surface area contributed by atoms with Gasteiger partial charge in [0.2, 0.25) is 5.91 Å². The predicted molar refractivity (Wildman–Crippen MR) is 99.6 cm³/mol. The molecule has 0 atom stereocenters. The van der Waals surface area contributed by atoms with E-state index in [1.165, 1.54) is 22.7 Å². The average molecular weight is 380 g/mol. The van der Waals surface area contributed by atoms with Gasteiger partial charge in [-0.05, 0) is 37.8 Å². The minimum Gasteiger partial charge on any atom is -0.462 e. The lowest BCUT2D eigenvalue weighted by Gasteiger charge is -2.07. The summed E-state index contributed by atoms with van der Waals surface area (Å²) in [5, 5.41) is 7.76. The molecule has 0 aliphatic carbocycles. The normalized spacial score (nSPS) is 10.4. The number of esters is 1. The van der Waals surface area contributed by atoms with Crippen LogP contribution in [0.4, 0.5) is 5.00 Å². The quantitative estimate of drug-likeness (QED) is 0.722. The Labute approximate surface area is 154 Å². The highest BCUT2D eigenvalue weighted by molar-refractivity contribution is 7.16. The first kappa shape index (κ1) is 19.1. The Hall–Kier alpha value is -2.19. The van der Waals surface area contributed by atoms with Gasteiger partial charge in [0.05, 0.1) is 17.0 Å². The molecule has 0 fully saturated rings. The predicted octanol–water partition coefficient (Wildman–Crippen LogP) is 3.36. The Kier molecular flexibility index (Phi) is 6.72. The van der Waals surface area contributed by atoms with Gasteiger partial charge < -0.3 is 15.4 Å². The number of rotatable bonds is 7. The van der Waals surface area contributed by atoms with Gasteiger partial charge >= 0.3 is 5.97 Å². The van der Waals surface area contributed by atoms with Crippen molar-refractivity contribution in [2.45, 2.75) is 27.2 Å². The molecule has 2 N–H and O–H groups in total. The molecule has 2 heterocycles. The maximum atomic E-state index is 12.1. The number of carbonyl (C=O) groups is 3. The van der Waals surface area contributed by atoms with Gasteiger partial charge in [-0.2, -0.15) is 0 Å². The number of amides is 2. The van der Waals surface area contributed by atoms with Crippen molar-refractivity contribution in [1.29, 1.82) is 0 Å². The van der Waals surface area contributed by atoms with E-state index in [4.69, 9.17) is 4.74 Å². The molecule has 2 amide bonds. The van der Waals surface area contributed by atoms with E-state index in [2.05, 4.69) is 10.6 Å². The monoisotopic (exact) mass is 380 g/mol. The SMILES string of the molecule is CCOC(=O)c1c(NC(=O)CCNC(=O)c2cccs2)sc(C)c1C. The van der Waals surface area contributed by atoms with Crippen molar-refractivity contribution in [2.24, 2.45) is 0 Å². The van der Waals surface area contributed by atoms with E-state index in [1.54, 1.807) is 19.1 Å². The van der Waals surface area contributed by atoms with Crippen molar-refractivity contribution in [1.82, 2.24) is 5.32 Å². The summed E-state index contributed by atoms with van der Waals surface area (Å²) in [6.45, 7) is 5.95. The minimum atomic E-state index is -0.439. The number of anilines is 1. The summed E-state index contributed by atoms with van der Waals surface area (Å²) in [5.74, 6) is -0.901. The van der Waals surface area contributed by atoms with Crippen LogP contribution in [0.1, 0.15) is 43.8 Å². The first-order chi connectivity index (χ1) is 11.9. The summed E-state index contributed by atoms with van der Waals surface area (Å²) >= 11 is 2.69. The molecular formula is C17H20N2O4S2. The molecule has 0 radical (unpaired) electrons. The van der Waals surface area contributed by atoms with Crippen molar-refractivity contribution < 1.29 is 19.1 Å². The maximum absolute atomic E-state index is 12.1. The van der Waals surface area contributed by atoms with Crippen molar-refractivity contribution >= 4 is 45.5 Å². The Balaban J connectivity index is 1.93. The highest BCUT2D eigenvalue weighted by atomic mass is 32.1.